The second-order valence-corrected chi connectivity index (χ2v) is 6.75. The molecule has 0 aromatic carbocycles. The van der Waals surface area contributed by atoms with E-state index in [1.807, 2.05) is 11.6 Å². The van der Waals surface area contributed by atoms with Gasteiger partial charge in [-0.2, -0.15) is 5.10 Å². The third-order valence-electron chi connectivity index (χ3n) is 4.94. The van der Waals surface area contributed by atoms with Crippen LogP contribution in [0.2, 0.25) is 0 Å². The molecule has 8 heteroatoms. The van der Waals surface area contributed by atoms with Crippen molar-refractivity contribution in [3.8, 4) is 0 Å². The van der Waals surface area contributed by atoms with Crippen molar-refractivity contribution in [3.05, 3.63) is 11.9 Å². The Hall–Kier alpha value is -1.93. The van der Waals surface area contributed by atoms with Gasteiger partial charge in [0.1, 0.15) is 6.10 Å². The molecule has 1 unspecified atom stereocenters. The molecule has 0 saturated carbocycles. The molecule has 3 heterocycles. The molecular formula is C17H26N4O4. The average Bonchev–Trinajstić information content (AvgIpc) is 2.89. The smallest absolute Gasteiger partial charge is 0.251 e. The molecule has 1 atom stereocenters. The lowest BCUT2D eigenvalue weighted by Gasteiger charge is -2.24. The summed E-state index contributed by atoms with van der Waals surface area (Å²) in [5, 5.41) is 17.0. The SMILES string of the molecule is Cc1c(NC(=O)CN2CCCCC(O)C2=O)cnn1C1CCOCC1. The van der Waals surface area contributed by atoms with E-state index in [0.717, 1.165) is 44.6 Å². The fraction of sp³-hybridized carbons (Fsp3) is 0.706. The first-order chi connectivity index (χ1) is 12.1. The predicted octanol–water partition coefficient (Wildman–Crippen LogP) is 0.855. The minimum Gasteiger partial charge on any atom is -0.383 e. The summed E-state index contributed by atoms with van der Waals surface area (Å²) in [5.74, 6) is -0.626. The highest BCUT2D eigenvalue weighted by atomic mass is 16.5. The van der Waals surface area contributed by atoms with Gasteiger partial charge < -0.3 is 20.1 Å². The number of aliphatic hydroxyl groups excluding tert-OH is 1. The summed E-state index contributed by atoms with van der Waals surface area (Å²) >= 11 is 0. The standard InChI is InChI=1S/C17H26N4O4/c1-12-14(10-18-21(12)13-5-8-25-9-6-13)19-16(23)11-20-7-3-2-4-15(22)17(20)24/h10,13,15,22H,2-9,11H2,1H3,(H,19,23). The van der Waals surface area contributed by atoms with E-state index in [-0.39, 0.29) is 18.4 Å². The van der Waals surface area contributed by atoms with Crippen molar-refractivity contribution in [2.24, 2.45) is 0 Å². The second kappa shape index (κ2) is 7.97. The van der Waals surface area contributed by atoms with Gasteiger partial charge in [0.25, 0.3) is 5.91 Å². The Labute approximate surface area is 147 Å². The van der Waals surface area contributed by atoms with Crippen LogP contribution in [0.5, 0.6) is 0 Å². The monoisotopic (exact) mass is 350 g/mol. The van der Waals surface area contributed by atoms with E-state index in [1.54, 1.807) is 6.20 Å². The second-order valence-electron chi connectivity index (χ2n) is 6.75. The number of carbonyl (C=O) groups excluding carboxylic acids is 2. The summed E-state index contributed by atoms with van der Waals surface area (Å²) in [6.07, 6.45) is 4.55. The minimum atomic E-state index is -0.992. The average molecular weight is 350 g/mol. The molecular weight excluding hydrogens is 324 g/mol. The van der Waals surface area contributed by atoms with Crippen LogP contribution < -0.4 is 5.32 Å². The third kappa shape index (κ3) is 4.19. The van der Waals surface area contributed by atoms with Crippen molar-refractivity contribution in [2.75, 3.05) is 31.6 Å². The van der Waals surface area contributed by atoms with Gasteiger partial charge >= 0.3 is 0 Å². The van der Waals surface area contributed by atoms with Crippen molar-refractivity contribution >= 4 is 17.5 Å². The molecule has 2 amide bonds. The zero-order valence-electron chi connectivity index (χ0n) is 14.6. The number of aliphatic hydroxyl groups is 1. The van der Waals surface area contributed by atoms with Gasteiger partial charge in [-0.25, -0.2) is 0 Å². The molecule has 8 nitrogen and oxygen atoms in total. The predicted molar refractivity (Wildman–Crippen MR) is 91.1 cm³/mol. The van der Waals surface area contributed by atoms with Crippen molar-refractivity contribution in [3.63, 3.8) is 0 Å². The van der Waals surface area contributed by atoms with Crippen LogP contribution in [-0.2, 0) is 14.3 Å². The van der Waals surface area contributed by atoms with Gasteiger partial charge in [-0.05, 0) is 39.0 Å². The molecule has 1 aromatic heterocycles. The zero-order valence-corrected chi connectivity index (χ0v) is 14.6. The molecule has 0 spiro atoms. The van der Waals surface area contributed by atoms with Crippen LogP contribution in [0.25, 0.3) is 0 Å². The van der Waals surface area contributed by atoms with Crippen molar-refractivity contribution in [1.29, 1.82) is 0 Å². The van der Waals surface area contributed by atoms with Gasteiger partial charge in [-0.15, -0.1) is 0 Å². The van der Waals surface area contributed by atoms with Crippen LogP contribution in [0.1, 0.15) is 43.8 Å². The first-order valence-electron chi connectivity index (χ1n) is 8.95. The van der Waals surface area contributed by atoms with E-state index in [9.17, 15) is 14.7 Å². The van der Waals surface area contributed by atoms with Crippen LogP contribution in [-0.4, -0.2) is 64.0 Å². The lowest BCUT2D eigenvalue weighted by molar-refractivity contribution is -0.141. The molecule has 25 heavy (non-hydrogen) atoms. The number of hydrogen-bond acceptors (Lipinski definition) is 5. The van der Waals surface area contributed by atoms with E-state index in [0.29, 0.717) is 24.7 Å². The Bertz CT molecular complexity index is 624. The molecule has 3 rings (SSSR count). The number of hydrogen-bond donors (Lipinski definition) is 2. The minimum absolute atomic E-state index is 0.0439. The summed E-state index contributed by atoms with van der Waals surface area (Å²) in [6, 6.07) is 0.293. The van der Waals surface area contributed by atoms with Gasteiger partial charge in [0.15, 0.2) is 0 Å². The number of anilines is 1. The Morgan fingerprint density at radius 2 is 2.12 bits per heavy atom. The number of rotatable bonds is 4. The highest BCUT2D eigenvalue weighted by Crippen LogP contribution is 2.25. The van der Waals surface area contributed by atoms with Crippen LogP contribution in [0.3, 0.4) is 0 Å². The first-order valence-corrected chi connectivity index (χ1v) is 8.95. The fourth-order valence-electron chi connectivity index (χ4n) is 3.45. The topological polar surface area (TPSA) is 96.7 Å². The molecule has 0 radical (unpaired) electrons. The van der Waals surface area contributed by atoms with Crippen molar-refractivity contribution in [2.45, 2.75) is 51.2 Å². The normalized spacial score (nSPS) is 22.7. The van der Waals surface area contributed by atoms with Gasteiger partial charge in [0.2, 0.25) is 5.91 Å². The quantitative estimate of drug-likeness (QED) is 0.839. The molecule has 2 N–H and O–H groups in total. The molecule has 138 valence electrons. The maximum Gasteiger partial charge on any atom is 0.251 e. The Morgan fingerprint density at radius 1 is 1.36 bits per heavy atom. The van der Waals surface area contributed by atoms with Crippen LogP contribution in [0.15, 0.2) is 6.20 Å². The van der Waals surface area contributed by atoms with Gasteiger partial charge in [-0.1, -0.05) is 0 Å². The van der Waals surface area contributed by atoms with E-state index < -0.39 is 6.10 Å². The lowest BCUT2D eigenvalue weighted by Crippen LogP contribution is -2.42. The highest BCUT2D eigenvalue weighted by Gasteiger charge is 2.27. The third-order valence-corrected chi connectivity index (χ3v) is 4.94. The fourth-order valence-corrected chi connectivity index (χ4v) is 3.45. The Kier molecular flexibility index (Phi) is 5.70. The maximum atomic E-state index is 12.3. The van der Waals surface area contributed by atoms with E-state index in [4.69, 9.17) is 4.74 Å². The van der Waals surface area contributed by atoms with Crippen LogP contribution >= 0.6 is 0 Å². The molecule has 2 aliphatic heterocycles. The largest absolute Gasteiger partial charge is 0.383 e. The van der Waals surface area contributed by atoms with Crippen LogP contribution in [0.4, 0.5) is 5.69 Å². The Morgan fingerprint density at radius 3 is 2.88 bits per heavy atom. The lowest BCUT2D eigenvalue weighted by atomic mass is 10.1. The molecule has 2 aliphatic rings. The molecule has 0 aliphatic carbocycles. The highest BCUT2D eigenvalue weighted by molar-refractivity contribution is 5.95. The Balaban J connectivity index is 1.61. The van der Waals surface area contributed by atoms with Gasteiger partial charge in [0, 0.05) is 19.8 Å². The molecule has 2 fully saturated rings. The summed E-state index contributed by atoms with van der Waals surface area (Å²) < 4.78 is 7.32. The zero-order chi connectivity index (χ0) is 17.8. The summed E-state index contributed by atoms with van der Waals surface area (Å²) in [6.45, 7) is 3.84. The molecule has 1 aromatic rings. The summed E-state index contributed by atoms with van der Waals surface area (Å²) in [4.78, 5) is 25.9. The molecule has 2 saturated heterocycles. The van der Waals surface area contributed by atoms with E-state index in [1.165, 1.54) is 4.90 Å². The summed E-state index contributed by atoms with van der Waals surface area (Å²) in [7, 11) is 0. The van der Waals surface area contributed by atoms with E-state index >= 15 is 0 Å². The molecule has 0 bridgehead atoms. The summed E-state index contributed by atoms with van der Waals surface area (Å²) in [5.41, 5.74) is 1.57. The van der Waals surface area contributed by atoms with Gasteiger partial charge in [-0.3, -0.25) is 14.3 Å². The number of amides is 2. The number of aromatic nitrogens is 2. The number of likely N-dealkylation sites (tertiary alicyclic amines) is 1. The first kappa shape index (κ1) is 17.9. The van der Waals surface area contributed by atoms with Gasteiger partial charge in [0.05, 0.1) is 30.2 Å². The number of ether oxygens (including phenoxy) is 1. The number of nitrogens with zero attached hydrogens (tertiary/aromatic N) is 3. The number of carbonyl (C=O) groups is 2. The van der Waals surface area contributed by atoms with Crippen molar-refractivity contribution in [1.82, 2.24) is 14.7 Å². The van der Waals surface area contributed by atoms with Crippen LogP contribution in [0, 0.1) is 6.92 Å². The van der Waals surface area contributed by atoms with E-state index in [2.05, 4.69) is 10.4 Å². The van der Waals surface area contributed by atoms with Crippen molar-refractivity contribution < 1.29 is 19.4 Å². The number of nitrogens with one attached hydrogen (secondary N) is 1. The maximum absolute atomic E-state index is 12.3.